The van der Waals surface area contributed by atoms with Gasteiger partial charge in [0.25, 0.3) is 0 Å². The summed E-state index contributed by atoms with van der Waals surface area (Å²) >= 11 is 27.6. The predicted octanol–water partition coefficient (Wildman–Crippen LogP) is 6.96. The number of hydrogen-bond acceptors (Lipinski definition) is 2. The molecule has 98 valence electrons. The minimum atomic E-state index is 0.251. The lowest BCUT2D eigenvalue weighted by atomic mass is 10.2. The van der Waals surface area contributed by atoms with Gasteiger partial charge in [0.15, 0.2) is 23.0 Å². The van der Waals surface area contributed by atoms with E-state index in [0.29, 0.717) is 42.5 Å². The Hall–Kier alpha value is -0.320. The van der Waals surface area contributed by atoms with Crippen LogP contribution in [0.5, 0.6) is 23.0 Å². The number of halogens is 5. The lowest BCUT2D eigenvalue weighted by Gasteiger charge is -2.24. The van der Waals surface area contributed by atoms with Gasteiger partial charge in [0.05, 0.1) is 19.5 Å². The van der Waals surface area contributed by atoms with Gasteiger partial charge >= 0.3 is 0 Å². The van der Waals surface area contributed by atoms with Gasteiger partial charge in [0, 0.05) is 0 Å². The fourth-order valence-electron chi connectivity index (χ4n) is 1.65. The van der Waals surface area contributed by atoms with Gasteiger partial charge in [0.1, 0.15) is 5.02 Å². The highest BCUT2D eigenvalue weighted by Gasteiger charge is 2.29. The lowest BCUT2D eigenvalue weighted by Crippen LogP contribution is -2.01. The molecule has 0 bridgehead atoms. The summed E-state index contributed by atoms with van der Waals surface area (Å²) < 4.78 is 12.0. The molecule has 1 heterocycles. The maximum Gasteiger partial charge on any atom is 0.191 e. The minimum Gasteiger partial charge on any atom is -0.447 e. The van der Waals surface area contributed by atoms with E-state index in [-0.39, 0.29) is 5.02 Å². The molecule has 0 radical (unpaired) electrons. The summed E-state index contributed by atoms with van der Waals surface area (Å²) in [5.74, 6) is 1.38. The van der Waals surface area contributed by atoms with E-state index in [4.69, 9.17) is 55.9 Å². The van der Waals surface area contributed by atoms with E-state index >= 15 is 0 Å². The fraction of sp³-hybridized carbons (Fsp3) is 0. The molecule has 1 aliphatic rings. The Morgan fingerprint density at radius 3 is 1.84 bits per heavy atom. The Bertz CT molecular complexity index is 703. The van der Waals surface area contributed by atoms with Crippen LogP contribution in [0.2, 0.25) is 20.1 Å². The summed E-state index contributed by atoms with van der Waals surface area (Å²) in [6.07, 6.45) is 0. The standard InChI is InChI=1S/C12H3BrCl4O2/c13-4-3-7(16)8(17)12-9(4)18-10-5(14)1-2-6(15)11(10)19-12/h1-3H. The Balaban J connectivity index is 2.25. The molecular weight excluding hydrogens is 398 g/mol. The molecule has 0 fully saturated rings. The molecule has 7 heteroatoms. The summed E-state index contributed by atoms with van der Waals surface area (Å²) in [5, 5.41) is 1.36. The number of fused-ring (bicyclic) bond motifs is 2. The number of benzene rings is 2. The second kappa shape index (κ2) is 4.90. The van der Waals surface area contributed by atoms with Crippen LogP contribution in [-0.4, -0.2) is 0 Å². The molecule has 0 saturated carbocycles. The first-order valence-corrected chi connectivity index (χ1v) is 7.30. The highest BCUT2D eigenvalue weighted by atomic mass is 79.9. The van der Waals surface area contributed by atoms with Crippen molar-refractivity contribution in [2.75, 3.05) is 0 Å². The van der Waals surface area contributed by atoms with Gasteiger partial charge in [-0.25, -0.2) is 0 Å². The maximum absolute atomic E-state index is 6.11. The maximum atomic E-state index is 6.11. The summed E-state index contributed by atoms with van der Waals surface area (Å²) in [5.41, 5.74) is 0. The molecule has 0 aliphatic carbocycles. The van der Waals surface area contributed by atoms with E-state index in [0.717, 1.165) is 0 Å². The van der Waals surface area contributed by atoms with Crippen molar-refractivity contribution >= 4 is 62.3 Å². The van der Waals surface area contributed by atoms with Crippen molar-refractivity contribution in [1.82, 2.24) is 0 Å². The van der Waals surface area contributed by atoms with E-state index in [2.05, 4.69) is 15.9 Å². The SMILES string of the molecule is Clc1cc(Br)c2c(c1Cl)Oc1c(Cl)ccc(Cl)c1O2. The topological polar surface area (TPSA) is 18.5 Å². The van der Waals surface area contributed by atoms with Gasteiger partial charge in [-0.1, -0.05) is 46.4 Å². The van der Waals surface area contributed by atoms with Crippen LogP contribution in [0.1, 0.15) is 0 Å². The Morgan fingerprint density at radius 2 is 1.26 bits per heavy atom. The lowest BCUT2D eigenvalue weighted by molar-refractivity contribution is 0.358. The highest BCUT2D eigenvalue weighted by Crippen LogP contribution is 2.57. The molecule has 3 rings (SSSR count). The van der Waals surface area contributed by atoms with Crippen molar-refractivity contribution in [3.8, 4) is 23.0 Å². The van der Waals surface area contributed by atoms with E-state index in [1.165, 1.54) is 0 Å². The monoisotopic (exact) mass is 398 g/mol. The predicted molar refractivity (Wildman–Crippen MR) is 80.8 cm³/mol. The normalized spacial score (nSPS) is 12.3. The van der Waals surface area contributed by atoms with Crippen molar-refractivity contribution in [2.24, 2.45) is 0 Å². The van der Waals surface area contributed by atoms with Crippen LogP contribution < -0.4 is 9.47 Å². The molecule has 0 N–H and O–H groups in total. The van der Waals surface area contributed by atoms with Crippen LogP contribution in [0.25, 0.3) is 0 Å². The van der Waals surface area contributed by atoms with Crippen LogP contribution in [0.4, 0.5) is 0 Å². The Morgan fingerprint density at radius 1 is 0.737 bits per heavy atom. The molecule has 0 saturated heterocycles. The minimum absolute atomic E-state index is 0.251. The molecular formula is C12H3BrCl4O2. The van der Waals surface area contributed by atoms with E-state index < -0.39 is 0 Å². The molecule has 1 aliphatic heterocycles. The van der Waals surface area contributed by atoms with Crippen LogP contribution in [0.3, 0.4) is 0 Å². The highest BCUT2D eigenvalue weighted by molar-refractivity contribution is 9.10. The summed E-state index contributed by atoms with van der Waals surface area (Å²) in [6.45, 7) is 0. The number of rotatable bonds is 0. The van der Waals surface area contributed by atoms with Gasteiger partial charge in [0.2, 0.25) is 0 Å². The van der Waals surface area contributed by atoms with Crippen molar-refractivity contribution in [3.05, 3.63) is 42.8 Å². The molecule has 0 atom stereocenters. The van der Waals surface area contributed by atoms with Gasteiger partial charge < -0.3 is 9.47 Å². The molecule has 0 amide bonds. The third-order valence-corrected chi connectivity index (χ3v) is 4.46. The average Bonchev–Trinajstić information content (AvgIpc) is 2.39. The summed E-state index contributed by atoms with van der Waals surface area (Å²) in [7, 11) is 0. The van der Waals surface area contributed by atoms with Gasteiger partial charge in [-0.15, -0.1) is 0 Å². The van der Waals surface area contributed by atoms with Crippen molar-refractivity contribution < 1.29 is 9.47 Å². The van der Waals surface area contributed by atoms with E-state index in [1.54, 1.807) is 18.2 Å². The van der Waals surface area contributed by atoms with Crippen LogP contribution >= 0.6 is 62.3 Å². The largest absolute Gasteiger partial charge is 0.447 e. The molecule has 2 aromatic rings. The molecule has 19 heavy (non-hydrogen) atoms. The summed E-state index contributed by atoms with van der Waals surface area (Å²) in [6, 6.07) is 4.86. The number of ether oxygens (including phenoxy) is 2. The Kier molecular flexibility index (Phi) is 3.52. The van der Waals surface area contributed by atoms with Crippen LogP contribution in [-0.2, 0) is 0 Å². The molecule has 2 aromatic carbocycles. The van der Waals surface area contributed by atoms with E-state index in [9.17, 15) is 0 Å². The molecule has 0 aromatic heterocycles. The first-order valence-electron chi connectivity index (χ1n) is 5.00. The first kappa shape index (κ1) is 13.7. The zero-order valence-electron chi connectivity index (χ0n) is 8.94. The van der Waals surface area contributed by atoms with Gasteiger partial charge in [-0.3, -0.25) is 0 Å². The smallest absolute Gasteiger partial charge is 0.191 e. The van der Waals surface area contributed by atoms with Crippen LogP contribution in [0, 0.1) is 0 Å². The van der Waals surface area contributed by atoms with E-state index in [1.807, 2.05) is 0 Å². The molecule has 0 unspecified atom stereocenters. The molecule has 2 nitrogen and oxygen atoms in total. The first-order chi connectivity index (χ1) is 8.99. The quantitative estimate of drug-likeness (QED) is 0.380. The second-order valence-electron chi connectivity index (χ2n) is 3.70. The van der Waals surface area contributed by atoms with Gasteiger partial charge in [-0.2, -0.15) is 0 Å². The van der Waals surface area contributed by atoms with Gasteiger partial charge in [-0.05, 0) is 34.1 Å². The summed E-state index contributed by atoms with van der Waals surface area (Å²) in [4.78, 5) is 0. The van der Waals surface area contributed by atoms with Crippen LogP contribution in [0.15, 0.2) is 22.7 Å². The van der Waals surface area contributed by atoms with Crippen molar-refractivity contribution in [3.63, 3.8) is 0 Å². The molecule has 0 spiro atoms. The third-order valence-electron chi connectivity index (χ3n) is 2.51. The van der Waals surface area contributed by atoms with Crippen molar-refractivity contribution in [1.29, 1.82) is 0 Å². The second-order valence-corrected chi connectivity index (χ2v) is 6.16. The zero-order valence-corrected chi connectivity index (χ0v) is 13.5. The van der Waals surface area contributed by atoms with Crippen molar-refractivity contribution in [2.45, 2.75) is 0 Å². The average molecular weight is 401 g/mol. The third kappa shape index (κ3) is 2.18. The number of hydrogen-bond donors (Lipinski definition) is 0. The fourth-order valence-corrected chi connectivity index (χ4v) is 3.02. The zero-order chi connectivity index (χ0) is 13.7. The Labute approximate surface area is 137 Å².